The van der Waals surface area contributed by atoms with Crippen molar-refractivity contribution in [1.82, 2.24) is 0 Å². The van der Waals surface area contributed by atoms with Crippen LogP contribution in [-0.4, -0.2) is 12.0 Å². The van der Waals surface area contributed by atoms with E-state index in [1.54, 1.807) is 0 Å². The maximum Gasteiger partial charge on any atom is 0.244 e. The van der Waals surface area contributed by atoms with E-state index in [9.17, 15) is 4.89 Å². The van der Waals surface area contributed by atoms with Gasteiger partial charge in [-0.25, -0.2) is 0 Å². The van der Waals surface area contributed by atoms with Gasteiger partial charge in [-0.15, -0.1) is 0 Å². The van der Waals surface area contributed by atoms with Crippen LogP contribution >= 0.6 is 17.1 Å². The second-order valence-corrected chi connectivity index (χ2v) is 11.2. The van der Waals surface area contributed by atoms with Crippen molar-refractivity contribution in [2.75, 3.05) is 7.11 Å². The molecular weight excluding hydrogens is 271 g/mol. The first kappa shape index (κ1) is 15.2. The summed E-state index contributed by atoms with van der Waals surface area (Å²) in [6.45, 7) is 6.57. The Morgan fingerprint density at radius 1 is 1.29 bits per heavy atom. The third kappa shape index (κ3) is 5.11. The smallest absolute Gasteiger partial charge is 0.244 e. The summed E-state index contributed by atoms with van der Waals surface area (Å²) in [6.07, 6.45) is 0. The zero-order chi connectivity index (χ0) is 13.1. The molecule has 1 N–H and O–H groups in total. The largest absolute Gasteiger partial charge is 0.337 e. The quantitative estimate of drug-likeness (QED) is 0.846. The SMILES string of the molecule is COP(O)(=S)SCc1ccc(C(C)(C)C)cc1. The molecule has 0 aliphatic rings. The van der Waals surface area contributed by atoms with Crippen molar-refractivity contribution in [3.63, 3.8) is 0 Å². The fourth-order valence-corrected chi connectivity index (χ4v) is 3.65. The number of hydrogen-bond acceptors (Lipinski definition) is 3. The highest BCUT2D eigenvalue weighted by Crippen LogP contribution is 2.56. The van der Waals surface area contributed by atoms with Gasteiger partial charge in [-0.1, -0.05) is 56.4 Å². The molecule has 96 valence electrons. The van der Waals surface area contributed by atoms with Crippen molar-refractivity contribution in [2.24, 2.45) is 0 Å². The van der Waals surface area contributed by atoms with E-state index in [1.807, 2.05) is 0 Å². The summed E-state index contributed by atoms with van der Waals surface area (Å²) in [5, 5.41) is 0. The molecule has 0 heterocycles. The van der Waals surface area contributed by atoms with Gasteiger partial charge in [0.2, 0.25) is 5.69 Å². The van der Waals surface area contributed by atoms with Crippen LogP contribution in [0.5, 0.6) is 0 Å². The maximum atomic E-state index is 9.64. The normalized spacial score (nSPS) is 15.6. The van der Waals surface area contributed by atoms with E-state index >= 15 is 0 Å². The van der Waals surface area contributed by atoms with Gasteiger partial charge >= 0.3 is 0 Å². The van der Waals surface area contributed by atoms with Gasteiger partial charge in [-0.2, -0.15) is 0 Å². The van der Waals surface area contributed by atoms with E-state index in [2.05, 4.69) is 45.0 Å². The van der Waals surface area contributed by atoms with E-state index in [1.165, 1.54) is 24.1 Å². The average Bonchev–Trinajstić information content (AvgIpc) is 2.26. The fourth-order valence-electron chi connectivity index (χ4n) is 1.31. The van der Waals surface area contributed by atoms with Crippen LogP contribution in [0.2, 0.25) is 0 Å². The van der Waals surface area contributed by atoms with Crippen LogP contribution < -0.4 is 0 Å². The lowest BCUT2D eigenvalue weighted by atomic mass is 9.87. The molecule has 1 rings (SSSR count). The van der Waals surface area contributed by atoms with E-state index in [4.69, 9.17) is 16.3 Å². The van der Waals surface area contributed by atoms with Crippen molar-refractivity contribution < 1.29 is 9.42 Å². The molecule has 1 unspecified atom stereocenters. The molecular formula is C12H19O2PS2. The molecule has 5 heteroatoms. The zero-order valence-corrected chi connectivity index (χ0v) is 13.2. The molecule has 0 spiro atoms. The Morgan fingerprint density at radius 3 is 2.24 bits per heavy atom. The van der Waals surface area contributed by atoms with Gasteiger partial charge in [0.05, 0.1) is 0 Å². The molecule has 0 radical (unpaired) electrons. The molecule has 1 aromatic rings. The van der Waals surface area contributed by atoms with Crippen LogP contribution in [0.15, 0.2) is 24.3 Å². The molecule has 17 heavy (non-hydrogen) atoms. The van der Waals surface area contributed by atoms with Gasteiger partial charge in [0, 0.05) is 12.9 Å². The fraction of sp³-hybridized carbons (Fsp3) is 0.500. The first-order chi connectivity index (χ1) is 7.74. The summed E-state index contributed by atoms with van der Waals surface area (Å²) >= 11 is 6.24. The van der Waals surface area contributed by atoms with Crippen LogP contribution in [0, 0.1) is 0 Å². The first-order valence-corrected chi connectivity index (χ1v) is 9.63. The minimum atomic E-state index is -2.63. The Balaban J connectivity index is 2.67. The highest BCUT2D eigenvalue weighted by Gasteiger charge is 2.14. The van der Waals surface area contributed by atoms with Gasteiger partial charge in [-0.05, 0) is 28.3 Å². The highest BCUT2D eigenvalue weighted by atomic mass is 32.9. The third-order valence-corrected chi connectivity index (χ3v) is 6.90. The van der Waals surface area contributed by atoms with Crippen molar-refractivity contribution in [2.45, 2.75) is 31.9 Å². The van der Waals surface area contributed by atoms with Crippen LogP contribution in [-0.2, 0) is 27.5 Å². The number of benzene rings is 1. The van der Waals surface area contributed by atoms with Crippen molar-refractivity contribution >= 4 is 28.9 Å². The van der Waals surface area contributed by atoms with Gasteiger partial charge in [0.1, 0.15) is 0 Å². The van der Waals surface area contributed by atoms with Crippen molar-refractivity contribution in [1.29, 1.82) is 0 Å². The summed E-state index contributed by atoms with van der Waals surface area (Å²) in [6, 6.07) is 8.42. The molecule has 1 aromatic carbocycles. The summed E-state index contributed by atoms with van der Waals surface area (Å²) in [5.41, 5.74) is 0.0000641. The predicted octanol–water partition coefficient (Wildman–Crippen LogP) is 4.08. The van der Waals surface area contributed by atoms with Crippen LogP contribution in [0.4, 0.5) is 0 Å². The Morgan fingerprint density at radius 2 is 1.82 bits per heavy atom. The van der Waals surface area contributed by atoms with Crippen LogP contribution in [0.1, 0.15) is 31.9 Å². The van der Waals surface area contributed by atoms with E-state index in [-0.39, 0.29) is 5.41 Å². The lowest BCUT2D eigenvalue weighted by Gasteiger charge is -2.19. The van der Waals surface area contributed by atoms with Crippen LogP contribution in [0.3, 0.4) is 0 Å². The lowest BCUT2D eigenvalue weighted by Crippen LogP contribution is -2.10. The van der Waals surface area contributed by atoms with E-state index in [0.29, 0.717) is 5.75 Å². The average molecular weight is 290 g/mol. The molecule has 1 atom stereocenters. The topological polar surface area (TPSA) is 29.5 Å². The molecule has 0 bridgehead atoms. The summed E-state index contributed by atoms with van der Waals surface area (Å²) < 4.78 is 4.88. The zero-order valence-electron chi connectivity index (χ0n) is 10.6. The second kappa shape index (κ2) is 5.85. The monoisotopic (exact) mass is 290 g/mol. The summed E-state index contributed by atoms with van der Waals surface area (Å²) in [5.74, 6) is 0.687. The minimum absolute atomic E-state index is 0.171. The Hall–Kier alpha value is 0.140. The molecule has 0 fully saturated rings. The standard InChI is InChI=1S/C12H19O2PS2/c1-12(2,3)11-7-5-10(6-8-11)9-17-15(13,16)14-4/h5-8H,9H2,1-4H3,(H,13,16). The molecule has 0 saturated heterocycles. The molecule has 2 nitrogen and oxygen atoms in total. The van der Waals surface area contributed by atoms with E-state index < -0.39 is 5.69 Å². The number of hydrogen-bond donors (Lipinski definition) is 1. The predicted molar refractivity (Wildman–Crippen MR) is 79.9 cm³/mol. The highest BCUT2D eigenvalue weighted by molar-refractivity contribution is 8.67. The van der Waals surface area contributed by atoms with Gasteiger partial charge in [-0.3, -0.25) is 0 Å². The summed E-state index contributed by atoms with van der Waals surface area (Å²) in [7, 11) is 1.45. The van der Waals surface area contributed by atoms with Crippen LogP contribution in [0.25, 0.3) is 0 Å². The van der Waals surface area contributed by atoms with Gasteiger partial charge in [0.15, 0.2) is 0 Å². The molecule has 0 aromatic heterocycles. The minimum Gasteiger partial charge on any atom is -0.337 e. The second-order valence-electron chi connectivity index (χ2n) is 4.87. The van der Waals surface area contributed by atoms with Gasteiger partial charge in [0.25, 0.3) is 0 Å². The third-order valence-electron chi connectivity index (χ3n) is 2.45. The molecule has 0 saturated carbocycles. The number of rotatable bonds is 4. The Kier molecular flexibility index (Phi) is 5.23. The lowest BCUT2D eigenvalue weighted by molar-refractivity contribution is 0.404. The van der Waals surface area contributed by atoms with E-state index in [0.717, 1.165) is 5.56 Å². The Bertz CT molecular complexity index is 410. The molecule has 0 aliphatic heterocycles. The maximum absolute atomic E-state index is 9.64. The molecule has 0 amide bonds. The van der Waals surface area contributed by atoms with Crippen molar-refractivity contribution in [3.05, 3.63) is 35.4 Å². The van der Waals surface area contributed by atoms with Gasteiger partial charge < -0.3 is 9.42 Å². The Labute approximate surface area is 113 Å². The first-order valence-electron chi connectivity index (χ1n) is 5.37. The molecule has 0 aliphatic carbocycles. The summed E-state index contributed by atoms with van der Waals surface area (Å²) in [4.78, 5) is 9.64. The van der Waals surface area contributed by atoms with Crippen molar-refractivity contribution in [3.8, 4) is 0 Å².